The SMILES string of the molecule is O=C1CC(c2cccc(F)c2)n2ncnc2N1. The Kier molecular flexibility index (Phi) is 2.14. The molecule has 0 fully saturated rings. The second-order valence-corrected chi connectivity index (χ2v) is 3.85. The molecule has 1 aromatic carbocycles. The number of hydrogen-bond donors (Lipinski definition) is 1. The number of benzene rings is 1. The van der Waals surface area contributed by atoms with Gasteiger partial charge in [0.1, 0.15) is 12.1 Å². The van der Waals surface area contributed by atoms with E-state index in [4.69, 9.17) is 0 Å². The van der Waals surface area contributed by atoms with Gasteiger partial charge in [-0.2, -0.15) is 10.1 Å². The Labute approximate surface area is 96.3 Å². The molecule has 6 heteroatoms. The summed E-state index contributed by atoms with van der Waals surface area (Å²) in [5, 5.41) is 6.66. The van der Waals surface area contributed by atoms with Gasteiger partial charge < -0.3 is 0 Å². The van der Waals surface area contributed by atoms with E-state index in [-0.39, 0.29) is 24.2 Å². The molecule has 86 valence electrons. The van der Waals surface area contributed by atoms with E-state index in [9.17, 15) is 9.18 Å². The molecule has 0 radical (unpaired) electrons. The van der Waals surface area contributed by atoms with Gasteiger partial charge >= 0.3 is 0 Å². The van der Waals surface area contributed by atoms with Crippen LogP contribution in [0.25, 0.3) is 0 Å². The lowest BCUT2D eigenvalue weighted by atomic mass is 10.0. The lowest BCUT2D eigenvalue weighted by molar-refractivity contribution is -0.117. The highest BCUT2D eigenvalue weighted by Gasteiger charge is 2.27. The largest absolute Gasteiger partial charge is 0.295 e. The van der Waals surface area contributed by atoms with Crippen molar-refractivity contribution in [2.24, 2.45) is 0 Å². The summed E-state index contributed by atoms with van der Waals surface area (Å²) in [6.07, 6.45) is 1.60. The van der Waals surface area contributed by atoms with Gasteiger partial charge in [0.15, 0.2) is 0 Å². The first-order valence-corrected chi connectivity index (χ1v) is 5.19. The van der Waals surface area contributed by atoms with Gasteiger partial charge in [-0.05, 0) is 17.7 Å². The van der Waals surface area contributed by atoms with Gasteiger partial charge in [0, 0.05) is 0 Å². The maximum Gasteiger partial charge on any atom is 0.229 e. The standard InChI is InChI=1S/C11H9FN4O/c12-8-3-1-2-7(4-8)9-5-10(17)15-11-13-6-14-16(9)11/h1-4,6,9H,5H2,(H,13,14,15,17). The zero-order valence-electron chi connectivity index (χ0n) is 8.80. The van der Waals surface area contributed by atoms with E-state index in [0.717, 1.165) is 0 Å². The number of halogens is 1. The van der Waals surface area contributed by atoms with Crippen molar-refractivity contribution >= 4 is 11.9 Å². The smallest absolute Gasteiger partial charge is 0.229 e. The normalized spacial score (nSPS) is 18.6. The molecule has 5 nitrogen and oxygen atoms in total. The molecular weight excluding hydrogens is 223 g/mol. The van der Waals surface area contributed by atoms with E-state index in [1.54, 1.807) is 16.8 Å². The number of anilines is 1. The molecule has 1 amide bonds. The van der Waals surface area contributed by atoms with Crippen LogP contribution in [-0.2, 0) is 4.79 Å². The predicted molar refractivity (Wildman–Crippen MR) is 57.8 cm³/mol. The molecule has 1 aliphatic rings. The third-order valence-electron chi connectivity index (χ3n) is 2.73. The maximum absolute atomic E-state index is 13.2. The van der Waals surface area contributed by atoms with E-state index < -0.39 is 0 Å². The van der Waals surface area contributed by atoms with Gasteiger partial charge in [0.05, 0.1) is 12.5 Å². The number of rotatable bonds is 1. The summed E-state index contributed by atoms with van der Waals surface area (Å²) in [4.78, 5) is 15.4. The Balaban J connectivity index is 2.08. The van der Waals surface area contributed by atoms with Gasteiger partial charge in [-0.1, -0.05) is 12.1 Å². The van der Waals surface area contributed by atoms with E-state index in [1.165, 1.54) is 18.5 Å². The summed E-state index contributed by atoms with van der Waals surface area (Å²) in [5.74, 6) is -0.0644. The van der Waals surface area contributed by atoms with Crippen LogP contribution in [0.4, 0.5) is 10.3 Å². The average molecular weight is 232 g/mol. The number of amides is 1. The second kappa shape index (κ2) is 3.65. The first-order valence-electron chi connectivity index (χ1n) is 5.19. The summed E-state index contributed by atoms with van der Waals surface area (Å²) >= 11 is 0. The molecule has 0 aliphatic carbocycles. The van der Waals surface area contributed by atoms with Crippen LogP contribution in [0.15, 0.2) is 30.6 Å². The molecule has 0 bridgehead atoms. The summed E-state index contributed by atoms with van der Waals surface area (Å²) < 4.78 is 14.8. The molecule has 2 heterocycles. The quantitative estimate of drug-likeness (QED) is 0.807. The van der Waals surface area contributed by atoms with Crippen molar-refractivity contribution in [3.8, 4) is 0 Å². The Bertz CT molecular complexity index is 580. The van der Waals surface area contributed by atoms with E-state index in [2.05, 4.69) is 15.4 Å². The molecule has 1 N–H and O–H groups in total. The van der Waals surface area contributed by atoms with Crippen LogP contribution in [0.5, 0.6) is 0 Å². The fourth-order valence-corrected chi connectivity index (χ4v) is 1.98. The summed E-state index contributed by atoms with van der Waals surface area (Å²) in [5.41, 5.74) is 0.714. The average Bonchev–Trinajstić information content (AvgIpc) is 2.75. The van der Waals surface area contributed by atoms with Gasteiger partial charge in [-0.15, -0.1) is 0 Å². The Morgan fingerprint density at radius 1 is 1.47 bits per heavy atom. The van der Waals surface area contributed by atoms with Crippen molar-refractivity contribution in [2.45, 2.75) is 12.5 Å². The van der Waals surface area contributed by atoms with Crippen LogP contribution >= 0.6 is 0 Å². The highest BCUT2D eigenvalue weighted by atomic mass is 19.1. The van der Waals surface area contributed by atoms with Crippen molar-refractivity contribution in [3.05, 3.63) is 42.0 Å². The minimum atomic E-state index is -0.324. The van der Waals surface area contributed by atoms with Crippen molar-refractivity contribution in [2.75, 3.05) is 5.32 Å². The lowest BCUT2D eigenvalue weighted by Gasteiger charge is -2.23. The van der Waals surface area contributed by atoms with Crippen molar-refractivity contribution in [1.82, 2.24) is 14.8 Å². The number of carbonyl (C=O) groups excluding carboxylic acids is 1. The van der Waals surface area contributed by atoms with Crippen LogP contribution < -0.4 is 5.32 Å². The highest BCUT2D eigenvalue weighted by molar-refractivity contribution is 5.91. The first-order chi connectivity index (χ1) is 8.24. The molecule has 17 heavy (non-hydrogen) atoms. The Hall–Kier alpha value is -2.24. The maximum atomic E-state index is 13.2. The molecule has 2 aromatic rings. The molecule has 1 unspecified atom stereocenters. The molecular formula is C11H9FN4O. The van der Waals surface area contributed by atoms with Gasteiger partial charge in [0.2, 0.25) is 11.9 Å². The van der Waals surface area contributed by atoms with Crippen LogP contribution in [0.1, 0.15) is 18.0 Å². The van der Waals surface area contributed by atoms with Crippen molar-refractivity contribution < 1.29 is 9.18 Å². The molecule has 1 atom stereocenters. The number of hydrogen-bond acceptors (Lipinski definition) is 3. The Morgan fingerprint density at radius 2 is 2.35 bits per heavy atom. The topological polar surface area (TPSA) is 59.8 Å². The van der Waals surface area contributed by atoms with Crippen LogP contribution in [0, 0.1) is 5.82 Å². The van der Waals surface area contributed by atoms with Crippen molar-refractivity contribution in [1.29, 1.82) is 0 Å². The monoisotopic (exact) mass is 232 g/mol. The molecule has 0 saturated heterocycles. The second-order valence-electron chi connectivity index (χ2n) is 3.85. The Morgan fingerprint density at radius 3 is 3.18 bits per heavy atom. The number of carbonyl (C=O) groups is 1. The summed E-state index contributed by atoms with van der Waals surface area (Å²) in [7, 11) is 0. The summed E-state index contributed by atoms with van der Waals surface area (Å²) in [6, 6.07) is 5.88. The lowest BCUT2D eigenvalue weighted by Crippen LogP contribution is -2.29. The summed E-state index contributed by atoms with van der Waals surface area (Å²) in [6.45, 7) is 0. The zero-order valence-corrected chi connectivity index (χ0v) is 8.80. The number of nitrogens with one attached hydrogen (secondary N) is 1. The van der Waals surface area contributed by atoms with Crippen LogP contribution in [0.2, 0.25) is 0 Å². The van der Waals surface area contributed by atoms with E-state index >= 15 is 0 Å². The molecule has 1 aromatic heterocycles. The number of aromatic nitrogens is 3. The van der Waals surface area contributed by atoms with Crippen LogP contribution in [0.3, 0.4) is 0 Å². The minimum absolute atomic E-state index is 0.139. The first kappa shape index (κ1) is 9.95. The van der Waals surface area contributed by atoms with Crippen LogP contribution in [-0.4, -0.2) is 20.7 Å². The van der Waals surface area contributed by atoms with Gasteiger partial charge in [0.25, 0.3) is 0 Å². The van der Waals surface area contributed by atoms with E-state index in [1.807, 2.05) is 0 Å². The number of nitrogens with zero attached hydrogens (tertiary/aromatic N) is 3. The van der Waals surface area contributed by atoms with E-state index in [0.29, 0.717) is 11.5 Å². The molecule has 0 saturated carbocycles. The molecule has 0 spiro atoms. The fourth-order valence-electron chi connectivity index (χ4n) is 1.98. The minimum Gasteiger partial charge on any atom is -0.295 e. The molecule has 1 aliphatic heterocycles. The third-order valence-corrected chi connectivity index (χ3v) is 2.73. The predicted octanol–water partition coefficient (Wildman–Crippen LogP) is 1.35. The van der Waals surface area contributed by atoms with Gasteiger partial charge in [-0.3, -0.25) is 10.1 Å². The van der Waals surface area contributed by atoms with Crippen molar-refractivity contribution in [3.63, 3.8) is 0 Å². The number of fused-ring (bicyclic) bond motifs is 1. The highest BCUT2D eigenvalue weighted by Crippen LogP contribution is 2.28. The third kappa shape index (κ3) is 1.67. The fraction of sp³-hybridized carbons (Fsp3) is 0.182. The van der Waals surface area contributed by atoms with Gasteiger partial charge in [-0.25, -0.2) is 9.07 Å². The zero-order chi connectivity index (χ0) is 11.8. The molecule has 3 rings (SSSR count).